The second kappa shape index (κ2) is 7.58. The molecule has 0 fully saturated rings. The van der Waals surface area contributed by atoms with Crippen LogP contribution in [0.1, 0.15) is 30.1 Å². The predicted octanol–water partition coefficient (Wildman–Crippen LogP) is 3.30. The number of amides is 1. The first-order valence-electron chi connectivity index (χ1n) is 8.28. The van der Waals surface area contributed by atoms with Gasteiger partial charge < -0.3 is 10.6 Å². The lowest BCUT2D eigenvalue weighted by Crippen LogP contribution is -2.18. The lowest BCUT2D eigenvalue weighted by molar-refractivity contribution is -0.137. The first kappa shape index (κ1) is 19.8. The van der Waals surface area contributed by atoms with Crippen LogP contribution in [-0.4, -0.2) is 20.5 Å². The van der Waals surface area contributed by atoms with Gasteiger partial charge in [-0.05, 0) is 24.6 Å². The van der Waals surface area contributed by atoms with Crippen molar-refractivity contribution in [3.05, 3.63) is 50.9 Å². The highest BCUT2D eigenvalue weighted by Crippen LogP contribution is 2.36. The Balaban J connectivity index is 1.88. The van der Waals surface area contributed by atoms with E-state index in [0.717, 1.165) is 11.1 Å². The molecule has 0 saturated carbocycles. The molecule has 0 unspecified atom stereocenters. The standard InChI is InChI=1S/C17H16F3N5O2S/c1-3-14-24-25-15(27)7-11(23-16(25)28-14)8-21-13-5-4-10(22-9(2)26)6-12(13)17(18,19)20/h4-7,21H,3,8H2,1-2H3,(H,22,26). The number of benzene rings is 1. The predicted molar refractivity (Wildman–Crippen MR) is 99.6 cm³/mol. The molecule has 0 aliphatic rings. The van der Waals surface area contributed by atoms with E-state index in [1.165, 1.54) is 41.0 Å². The molecule has 0 saturated heterocycles. The van der Waals surface area contributed by atoms with E-state index in [4.69, 9.17) is 0 Å². The second-order valence-electron chi connectivity index (χ2n) is 5.92. The molecule has 7 nitrogen and oxygen atoms in total. The van der Waals surface area contributed by atoms with Crippen molar-refractivity contribution in [3.8, 4) is 0 Å². The third-order valence-corrected chi connectivity index (χ3v) is 4.80. The molecule has 0 spiro atoms. The fraction of sp³-hybridized carbons (Fsp3) is 0.294. The number of nitrogens with one attached hydrogen (secondary N) is 2. The van der Waals surface area contributed by atoms with Crippen LogP contribution in [0.3, 0.4) is 0 Å². The average Bonchev–Trinajstić information content (AvgIpc) is 3.03. The van der Waals surface area contributed by atoms with Crippen LogP contribution in [0.25, 0.3) is 4.96 Å². The average molecular weight is 411 g/mol. The minimum Gasteiger partial charge on any atom is -0.379 e. The van der Waals surface area contributed by atoms with Gasteiger partial charge in [0, 0.05) is 24.4 Å². The summed E-state index contributed by atoms with van der Waals surface area (Å²) in [7, 11) is 0. The van der Waals surface area contributed by atoms with Gasteiger partial charge in [-0.3, -0.25) is 9.59 Å². The molecule has 11 heteroatoms. The lowest BCUT2D eigenvalue weighted by Gasteiger charge is -2.16. The number of rotatable bonds is 5. The van der Waals surface area contributed by atoms with Gasteiger partial charge in [0.1, 0.15) is 5.01 Å². The molecule has 1 aromatic carbocycles. The van der Waals surface area contributed by atoms with Crippen LogP contribution >= 0.6 is 11.3 Å². The molecule has 0 aliphatic heterocycles. The molecule has 0 atom stereocenters. The summed E-state index contributed by atoms with van der Waals surface area (Å²) < 4.78 is 41.3. The molecule has 2 N–H and O–H groups in total. The van der Waals surface area contributed by atoms with Gasteiger partial charge in [-0.1, -0.05) is 18.3 Å². The Kier molecular flexibility index (Phi) is 5.36. The van der Waals surface area contributed by atoms with Crippen LogP contribution in [0.4, 0.5) is 24.5 Å². The molecule has 0 radical (unpaired) electrons. The van der Waals surface area contributed by atoms with Gasteiger partial charge in [0.05, 0.1) is 17.8 Å². The van der Waals surface area contributed by atoms with Gasteiger partial charge in [0.2, 0.25) is 10.9 Å². The molecule has 1 amide bonds. The minimum absolute atomic E-state index is 0.0416. The maximum Gasteiger partial charge on any atom is 0.418 e. The van der Waals surface area contributed by atoms with Gasteiger partial charge in [0.25, 0.3) is 5.56 Å². The fourth-order valence-corrected chi connectivity index (χ4v) is 3.39. The van der Waals surface area contributed by atoms with E-state index in [1.807, 2.05) is 6.92 Å². The maximum absolute atomic E-state index is 13.4. The quantitative estimate of drug-likeness (QED) is 0.673. The van der Waals surface area contributed by atoms with Gasteiger partial charge in [0.15, 0.2) is 0 Å². The first-order valence-corrected chi connectivity index (χ1v) is 9.10. The van der Waals surface area contributed by atoms with Gasteiger partial charge >= 0.3 is 6.18 Å². The topological polar surface area (TPSA) is 88.4 Å². The normalized spacial score (nSPS) is 11.6. The molecule has 0 aliphatic carbocycles. The summed E-state index contributed by atoms with van der Waals surface area (Å²) >= 11 is 1.26. The Hall–Kier alpha value is -2.95. The first-order chi connectivity index (χ1) is 13.2. The van der Waals surface area contributed by atoms with E-state index < -0.39 is 23.2 Å². The minimum atomic E-state index is -4.62. The SMILES string of the molecule is CCc1nn2c(=O)cc(CNc3ccc(NC(C)=O)cc3C(F)(F)F)nc2s1. The highest BCUT2D eigenvalue weighted by molar-refractivity contribution is 7.16. The monoisotopic (exact) mass is 411 g/mol. The number of anilines is 2. The number of carbonyl (C=O) groups excluding carboxylic acids is 1. The van der Waals surface area contributed by atoms with Crippen molar-refractivity contribution in [2.75, 3.05) is 10.6 Å². The number of nitrogens with zero attached hydrogens (tertiary/aromatic N) is 3. The number of carbonyl (C=O) groups is 1. The molecule has 2 aromatic heterocycles. The Morgan fingerprint density at radius 3 is 2.68 bits per heavy atom. The molecule has 3 aromatic rings. The number of alkyl halides is 3. The summed E-state index contributed by atoms with van der Waals surface area (Å²) in [5, 5.41) is 9.86. The van der Waals surface area contributed by atoms with Gasteiger partial charge in [-0.2, -0.15) is 22.8 Å². The smallest absolute Gasteiger partial charge is 0.379 e. The summed E-state index contributed by atoms with van der Waals surface area (Å²) in [6.45, 7) is 3.03. The number of fused-ring (bicyclic) bond motifs is 1. The maximum atomic E-state index is 13.4. The highest BCUT2D eigenvalue weighted by Gasteiger charge is 2.34. The molecule has 0 bridgehead atoms. The van der Waals surface area contributed by atoms with E-state index in [1.54, 1.807) is 0 Å². The summed E-state index contributed by atoms with van der Waals surface area (Å²) in [4.78, 5) is 27.9. The van der Waals surface area contributed by atoms with Crippen LogP contribution in [-0.2, 0) is 23.9 Å². The number of hydrogen-bond acceptors (Lipinski definition) is 6. The Labute approximate surface area is 161 Å². The van der Waals surface area contributed by atoms with Crippen LogP contribution < -0.4 is 16.2 Å². The zero-order valence-corrected chi connectivity index (χ0v) is 15.7. The number of halogens is 3. The molecule has 3 rings (SSSR count). The number of aromatic nitrogens is 3. The third kappa shape index (κ3) is 4.30. The van der Waals surface area contributed by atoms with Crippen molar-refractivity contribution < 1.29 is 18.0 Å². The summed E-state index contributed by atoms with van der Waals surface area (Å²) in [6.07, 6.45) is -3.97. The van der Waals surface area contributed by atoms with Crippen molar-refractivity contribution in [3.63, 3.8) is 0 Å². The summed E-state index contributed by atoms with van der Waals surface area (Å²) in [5.41, 5.74) is -1.16. The Bertz CT molecular complexity index is 1090. The summed E-state index contributed by atoms with van der Waals surface area (Å²) in [6, 6.07) is 4.67. The van der Waals surface area contributed by atoms with Gasteiger partial charge in [-0.25, -0.2) is 4.98 Å². The van der Waals surface area contributed by atoms with E-state index in [2.05, 4.69) is 20.7 Å². The fourth-order valence-electron chi connectivity index (χ4n) is 2.53. The van der Waals surface area contributed by atoms with Crippen molar-refractivity contribution in [1.82, 2.24) is 14.6 Å². The van der Waals surface area contributed by atoms with Crippen LogP contribution in [0.2, 0.25) is 0 Å². The van der Waals surface area contributed by atoms with Crippen LogP contribution in [0, 0.1) is 0 Å². The molecule has 2 heterocycles. The lowest BCUT2D eigenvalue weighted by atomic mass is 10.1. The highest BCUT2D eigenvalue weighted by atomic mass is 32.1. The molecule has 148 valence electrons. The van der Waals surface area contributed by atoms with E-state index in [9.17, 15) is 22.8 Å². The number of aryl methyl sites for hydroxylation is 1. The van der Waals surface area contributed by atoms with Crippen LogP contribution in [0.5, 0.6) is 0 Å². The Morgan fingerprint density at radius 1 is 1.29 bits per heavy atom. The molecular formula is C17H16F3N5O2S. The number of hydrogen-bond donors (Lipinski definition) is 2. The van der Waals surface area contributed by atoms with Crippen molar-refractivity contribution >= 4 is 33.6 Å². The largest absolute Gasteiger partial charge is 0.418 e. The zero-order valence-electron chi connectivity index (χ0n) is 14.9. The third-order valence-electron chi connectivity index (χ3n) is 3.75. The Morgan fingerprint density at radius 2 is 2.04 bits per heavy atom. The van der Waals surface area contributed by atoms with Gasteiger partial charge in [-0.15, -0.1) is 0 Å². The van der Waals surface area contributed by atoms with Crippen LogP contribution in [0.15, 0.2) is 29.1 Å². The van der Waals surface area contributed by atoms with Crippen molar-refractivity contribution in [2.24, 2.45) is 0 Å². The zero-order chi connectivity index (χ0) is 20.5. The second-order valence-corrected chi connectivity index (χ2v) is 6.96. The molecule has 28 heavy (non-hydrogen) atoms. The van der Waals surface area contributed by atoms with Crippen molar-refractivity contribution in [2.45, 2.75) is 33.0 Å². The van der Waals surface area contributed by atoms with Crippen molar-refractivity contribution in [1.29, 1.82) is 0 Å². The van der Waals surface area contributed by atoms with E-state index >= 15 is 0 Å². The van der Waals surface area contributed by atoms with E-state index in [-0.39, 0.29) is 17.9 Å². The summed E-state index contributed by atoms with van der Waals surface area (Å²) in [5.74, 6) is -0.470. The molecular weight excluding hydrogens is 395 g/mol. The van der Waals surface area contributed by atoms with E-state index in [0.29, 0.717) is 17.1 Å².